The summed E-state index contributed by atoms with van der Waals surface area (Å²) in [6, 6.07) is 3.47. The second-order valence-electron chi connectivity index (χ2n) is 4.18. The Hall–Kier alpha value is -0.390. The molecule has 0 radical (unpaired) electrons. The number of rotatable bonds is 9. The lowest BCUT2D eigenvalue weighted by Crippen LogP contribution is -2.29. The largest absolute Gasteiger partial charge is 0.385 e. The highest BCUT2D eigenvalue weighted by Gasteiger charge is 2.10. The Bertz CT molecular complexity index is 378. The lowest BCUT2D eigenvalue weighted by atomic mass is 10.3. The lowest BCUT2D eigenvalue weighted by Gasteiger charge is -2.22. The van der Waals surface area contributed by atoms with Gasteiger partial charge in [-0.25, -0.2) is 4.98 Å². The number of methoxy groups -OCH3 is 2. The van der Waals surface area contributed by atoms with Gasteiger partial charge >= 0.3 is 0 Å². The average Bonchev–Trinajstić information content (AvgIpc) is 2.40. The summed E-state index contributed by atoms with van der Waals surface area (Å²) >= 11 is 12.0. The van der Waals surface area contributed by atoms with Gasteiger partial charge in [0.1, 0.15) is 5.15 Å². The molecule has 0 aliphatic carbocycles. The van der Waals surface area contributed by atoms with Crippen molar-refractivity contribution in [2.75, 3.05) is 40.5 Å². The van der Waals surface area contributed by atoms with Crippen molar-refractivity contribution in [3.63, 3.8) is 0 Å². The third-order valence-electron chi connectivity index (χ3n) is 2.69. The second-order valence-corrected chi connectivity index (χ2v) is 4.97. The van der Waals surface area contributed by atoms with Gasteiger partial charge in [-0.1, -0.05) is 23.2 Å². The van der Waals surface area contributed by atoms with Crippen molar-refractivity contribution in [3.8, 4) is 0 Å². The maximum absolute atomic E-state index is 6.13. The van der Waals surface area contributed by atoms with E-state index in [9.17, 15) is 0 Å². The van der Waals surface area contributed by atoms with Crippen molar-refractivity contribution in [1.82, 2.24) is 9.88 Å². The summed E-state index contributed by atoms with van der Waals surface area (Å²) in [5, 5.41) is 1.10. The second kappa shape index (κ2) is 9.50. The molecule has 108 valence electrons. The predicted molar refractivity (Wildman–Crippen MR) is 77.9 cm³/mol. The van der Waals surface area contributed by atoms with Crippen LogP contribution in [0, 0.1) is 0 Å². The van der Waals surface area contributed by atoms with E-state index < -0.39 is 0 Å². The summed E-state index contributed by atoms with van der Waals surface area (Å²) in [6.07, 6.45) is 0.957. The van der Waals surface area contributed by atoms with Crippen LogP contribution in [0.1, 0.15) is 12.1 Å². The van der Waals surface area contributed by atoms with Gasteiger partial charge in [-0.2, -0.15) is 0 Å². The summed E-state index contributed by atoms with van der Waals surface area (Å²) in [5.41, 5.74) is 0.794. The topological polar surface area (TPSA) is 34.6 Å². The monoisotopic (exact) mass is 306 g/mol. The van der Waals surface area contributed by atoms with E-state index in [-0.39, 0.29) is 0 Å². The van der Waals surface area contributed by atoms with E-state index in [1.54, 1.807) is 26.4 Å². The van der Waals surface area contributed by atoms with Crippen LogP contribution in [-0.4, -0.2) is 50.4 Å². The maximum Gasteiger partial charge on any atom is 0.129 e. The Morgan fingerprint density at radius 1 is 1.11 bits per heavy atom. The first-order valence-electron chi connectivity index (χ1n) is 6.18. The smallest absolute Gasteiger partial charge is 0.129 e. The third kappa shape index (κ3) is 6.54. The molecule has 0 aliphatic rings. The van der Waals surface area contributed by atoms with Crippen molar-refractivity contribution in [3.05, 3.63) is 28.0 Å². The molecule has 1 rings (SSSR count). The molecular formula is C13H20Cl2N2O2. The van der Waals surface area contributed by atoms with Crippen molar-refractivity contribution in [1.29, 1.82) is 0 Å². The minimum atomic E-state index is 0.461. The predicted octanol–water partition coefficient (Wildman–Crippen LogP) is 2.87. The molecule has 0 amide bonds. The molecule has 0 aliphatic heterocycles. The molecule has 19 heavy (non-hydrogen) atoms. The summed E-state index contributed by atoms with van der Waals surface area (Å²) in [4.78, 5) is 6.50. The fourth-order valence-corrected chi connectivity index (χ4v) is 2.03. The number of halogens is 2. The number of hydrogen-bond donors (Lipinski definition) is 0. The van der Waals surface area contributed by atoms with Crippen LogP contribution in [0.5, 0.6) is 0 Å². The van der Waals surface area contributed by atoms with E-state index in [0.717, 1.165) is 31.8 Å². The van der Waals surface area contributed by atoms with Crippen LogP contribution < -0.4 is 0 Å². The van der Waals surface area contributed by atoms with Crippen LogP contribution in [0.2, 0.25) is 10.2 Å². The van der Waals surface area contributed by atoms with Crippen molar-refractivity contribution in [2.45, 2.75) is 13.0 Å². The van der Waals surface area contributed by atoms with Gasteiger partial charge in [-0.15, -0.1) is 0 Å². The molecule has 0 fully saturated rings. The zero-order valence-corrected chi connectivity index (χ0v) is 12.9. The summed E-state index contributed by atoms with van der Waals surface area (Å²) in [5.74, 6) is 0. The molecule has 0 aromatic carbocycles. The highest BCUT2D eigenvalue weighted by Crippen LogP contribution is 2.18. The number of hydrogen-bond acceptors (Lipinski definition) is 4. The Morgan fingerprint density at radius 3 is 2.53 bits per heavy atom. The first-order valence-corrected chi connectivity index (χ1v) is 6.94. The van der Waals surface area contributed by atoms with Gasteiger partial charge in [0.15, 0.2) is 0 Å². The van der Waals surface area contributed by atoms with Crippen LogP contribution in [0.3, 0.4) is 0 Å². The molecule has 0 saturated carbocycles. The van der Waals surface area contributed by atoms with Gasteiger partial charge in [0.25, 0.3) is 0 Å². The fourth-order valence-electron chi connectivity index (χ4n) is 1.70. The van der Waals surface area contributed by atoms with Crippen LogP contribution in [0.25, 0.3) is 0 Å². The van der Waals surface area contributed by atoms with E-state index in [0.29, 0.717) is 23.3 Å². The Labute approximate surface area is 124 Å². The van der Waals surface area contributed by atoms with Gasteiger partial charge in [0.2, 0.25) is 0 Å². The average molecular weight is 307 g/mol. The molecule has 0 saturated heterocycles. The van der Waals surface area contributed by atoms with Gasteiger partial charge in [-0.3, -0.25) is 4.90 Å². The van der Waals surface area contributed by atoms with Crippen molar-refractivity contribution >= 4 is 23.2 Å². The van der Waals surface area contributed by atoms with Gasteiger partial charge < -0.3 is 9.47 Å². The first kappa shape index (κ1) is 16.7. The van der Waals surface area contributed by atoms with E-state index in [2.05, 4.69) is 9.88 Å². The first-order chi connectivity index (χ1) is 9.17. The van der Waals surface area contributed by atoms with Crippen LogP contribution >= 0.6 is 23.2 Å². The van der Waals surface area contributed by atoms with Crippen LogP contribution in [0.15, 0.2) is 12.1 Å². The SMILES string of the molecule is COCCCN(CCOC)Cc1nc(Cl)ccc1Cl. The molecule has 1 aromatic heterocycles. The highest BCUT2D eigenvalue weighted by atomic mass is 35.5. The molecule has 1 aromatic rings. The normalized spacial score (nSPS) is 11.2. The zero-order valence-electron chi connectivity index (χ0n) is 11.4. The van der Waals surface area contributed by atoms with E-state index in [1.807, 2.05) is 0 Å². The van der Waals surface area contributed by atoms with E-state index in [4.69, 9.17) is 32.7 Å². The van der Waals surface area contributed by atoms with Crippen LogP contribution in [0.4, 0.5) is 0 Å². The molecule has 0 spiro atoms. The van der Waals surface area contributed by atoms with Gasteiger partial charge in [0, 0.05) is 40.5 Å². The minimum Gasteiger partial charge on any atom is -0.385 e. The van der Waals surface area contributed by atoms with Crippen molar-refractivity contribution in [2.24, 2.45) is 0 Å². The lowest BCUT2D eigenvalue weighted by molar-refractivity contribution is 0.128. The zero-order chi connectivity index (χ0) is 14.1. The minimum absolute atomic E-state index is 0.461. The number of ether oxygens (including phenoxy) is 2. The molecule has 1 heterocycles. The van der Waals surface area contributed by atoms with Gasteiger partial charge in [-0.05, 0) is 18.6 Å². The Kier molecular flexibility index (Phi) is 8.34. The summed E-state index contributed by atoms with van der Waals surface area (Å²) < 4.78 is 10.2. The summed E-state index contributed by atoms with van der Waals surface area (Å²) in [6.45, 7) is 3.80. The molecule has 6 heteroatoms. The number of nitrogens with zero attached hydrogens (tertiary/aromatic N) is 2. The number of pyridine rings is 1. The molecule has 4 nitrogen and oxygen atoms in total. The maximum atomic E-state index is 6.13. The molecule has 0 N–H and O–H groups in total. The van der Waals surface area contributed by atoms with Crippen molar-refractivity contribution < 1.29 is 9.47 Å². The number of aromatic nitrogens is 1. The Balaban J connectivity index is 2.61. The Morgan fingerprint density at radius 2 is 1.84 bits per heavy atom. The standard InChI is InChI=1S/C13H20Cl2N2O2/c1-18-8-3-6-17(7-9-19-2)10-12-11(14)4-5-13(15)16-12/h4-5H,3,6-10H2,1-2H3. The quantitative estimate of drug-likeness (QED) is 0.519. The molecular weight excluding hydrogens is 287 g/mol. The van der Waals surface area contributed by atoms with E-state index in [1.165, 1.54) is 0 Å². The summed E-state index contributed by atoms with van der Waals surface area (Å²) in [7, 11) is 3.40. The van der Waals surface area contributed by atoms with Gasteiger partial charge in [0.05, 0.1) is 17.3 Å². The van der Waals surface area contributed by atoms with E-state index >= 15 is 0 Å². The molecule has 0 bridgehead atoms. The molecule has 0 atom stereocenters. The van der Waals surface area contributed by atoms with Crippen LogP contribution in [-0.2, 0) is 16.0 Å². The fraction of sp³-hybridized carbons (Fsp3) is 0.615. The molecule has 0 unspecified atom stereocenters. The highest BCUT2D eigenvalue weighted by molar-refractivity contribution is 6.32. The third-order valence-corrected chi connectivity index (χ3v) is 3.25.